The molecule has 5 heterocycles. The molecule has 5 saturated heterocycles. The maximum atomic E-state index is 6.73. The van der Waals surface area contributed by atoms with Crippen molar-refractivity contribution in [3.8, 4) is 0 Å². The molecule has 6 bridgehead atoms. The van der Waals surface area contributed by atoms with Gasteiger partial charge in [-0.2, -0.15) is 0 Å². The summed E-state index contributed by atoms with van der Waals surface area (Å²) in [6.07, 6.45) is 18.1. The molecule has 3 saturated carbocycles. The van der Waals surface area contributed by atoms with E-state index in [1.807, 2.05) is 10.8 Å². The van der Waals surface area contributed by atoms with E-state index in [0.717, 1.165) is 35.6 Å². The van der Waals surface area contributed by atoms with Crippen LogP contribution in [0.2, 0.25) is 0 Å². The highest BCUT2D eigenvalue weighted by Gasteiger charge is 2.49. The lowest BCUT2D eigenvalue weighted by atomic mass is 9.69. The number of rotatable bonds is 8. The van der Waals surface area contributed by atoms with E-state index in [-0.39, 0.29) is 0 Å². The summed E-state index contributed by atoms with van der Waals surface area (Å²) in [7, 11) is 1.82. The van der Waals surface area contributed by atoms with E-state index in [9.17, 15) is 0 Å². The standard InChI is InChI=1S/C29H50N2OS2/c1-18(14-23-7-6-22-8-12-26(23)29(22)20(3)34-33)31-17-25-11-13-27(31)28(32-25)15-19(2)30-16-21-4-9-24(30)10-5-21/h18-29,33H,4-17H2,1-3H3. The average molecular weight is 507 g/mol. The van der Waals surface area contributed by atoms with Gasteiger partial charge in [0.25, 0.3) is 0 Å². The van der Waals surface area contributed by atoms with Gasteiger partial charge in [0.15, 0.2) is 0 Å². The molecule has 0 radical (unpaired) electrons. The van der Waals surface area contributed by atoms with E-state index in [1.165, 1.54) is 90.1 Å². The Morgan fingerprint density at radius 3 is 2.29 bits per heavy atom. The van der Waals surface area contributed by atoms with Gasteiger partial charge in [-0.25, -0.2) is 0 Å². The van der Waals surface area contributed by atoms with Crippen LogP contribution >= 0.6 is 22.5 Å². The van der Waals surface area contributed by atoms with E-state index >= 15 is 0 Å². The molecule has 0 spiro atoms. The highest BCUT2D eigenvalue weighted by Crippen LogP contribution is 2.54. The number of fused-ring (bicyclic) bond motifs is 8. The third kappa shape index (κ3) is 4.65. The van der Waals surface area contributed by atoms with Crippen molar-refractivity contribution in [3.63, 3.8) is 0 Å². The fourth-order valence-electron chi connectivity index (χ4n) is 10.0. The minimum atomic E-state index is 0.459. The molecule has 0 aromatic carbocycles. The molecule has 10 atom stereocenters. The second-order valence-electron chi connectivity index (χ2n) is 13.4. The van der Waals surface area contributed by atoms with Crippen molar-refractivity contribution in [1.82, 2.24) is 9.80 Å². The first-order chi connectivity index (χ1) is 16.5. The van der Waals surface area contributed by atoms with Crippen LogP contribution in [0.15, 0.2) is 0 Å². The topological polar surface area (TPSA) is 15.7 Å². The zero-order valence-corrected chi connectivity index (χ0v) is 23.7. The molecule has 34 heavy (non-hydrogen) atoms. The normalized spacial score (nSPS) is 47.1. The first kappa shape index (κ1) is 24.9. The van der Waals surface area contributed by atoms with Crippen molar-refractivity contribution in [1.29, 1.82) is 0 Å². The van der Waals surface area contributed by atoms with Crippen molar-refractivity contribution in [2.24, 2.45) is 29.6 Å². The van der Waals surface area contributed by atoms with Gasteiger partial charge in [0.05, 0.1) is 12.2 Å². The van der Waals surface area contributed by atoms with Gasteiger partial charge >= 0.3 is 0 Å². The Morgan fingerprint density at radius 1 is 0.824 bits per heavy atom. The lowest BCUT2D eigenvalue weighted by Crippen LogP contribution is -2.63. The number of hydrogen-bond donors (Lipinski definition) is 1. The second-order valence-corrected chi connectivity index (χ2v) is 15.0. The van der Waals surface area contributed by atoms with Gasteiger partial charge in [-0.05, 0) is 120 Å². The number of morpholine rings is 1. The predicted octanol–water partition coefficient (Wildman–Crippen LogP) is 6.67. The third-order valence-corrected chi connectivity index (χ3v) is 13.3. The molecule has 0 aromatic rings. The van der Waals surface area contributed by atoms with E-state index in [1.54, 1.807) is 0 Å². The van der Waals surface area contributed by atoms with Gasteiger partial charge in [0.1, 0.15) is 0 Å². The molecule has 5 heteroatoms. The molecule has 3 aliphatic carbocycles. The minimum Gasteiger partial charge on any atom is -0.372 e. The van der Waals surface area contributed by atoms with Crippen LogP contribution in [-0.2, 0) is 4.74 Å². The summed E-state index contributed by atoms with van der Waals surface area (Å²) < 4.78 is 6.73. The van der Waals surface area contributed by atoms with E-state index < -0.39 is 0 Å². The van der Waals surface area contributed by atoms with Crippen LogP contribution in [0.1, 0.15) is 97.8 Å². The first-order valence-corrected chi connectivity index (χ1v) is 16.9. The molecule has 5 aliphatic heterocycles. The molecule has 10 unspecified atom stereocenters. The largest absolute Gasteiger partial charge is 0.372 e. The Kier molecular flexibility index (Phi) is 7.60. The maximum absolute atomic E-state index is 6.73. The van der Waals surface area contributed by atoms with E-state index in [2.05, 4.69) is 42.2 Å². The van der Waals surface area contributed by atoms with Gasteiger partial charge in [-0.1, -0.05) is 17.7 Å². The van der Waals surface area contributed by atoms with Crippen molar-refractivity contribution in [2.45, 2.75) is 139 Å². The highest BCUT2D eigenvalue weighted by atomic mass is 33.1. The molecule has 8 fully saturated rings. The smallest absolute Gasteiger partial charge is 0.0749 e. The second kappa shape index (κ2) is 10.4. The SMILES string of the molecule is CC(SS)C1C2CCC(CC(C)N3CC4CCC3C(CC(C)N3CC5CCC3CC5)O4)C1CC2. The maximum Gasteiger partial charge on any atom is 0.0749 e. The van der Waals surface area contributed by atoms with Crippen LogP contribution in [-0.4, -0.2) is 64.5 Å². The zero-order valence-electron chi connectivity index (χ0n) is 22.0. The minimum absolute atomic E-state index is 0.459. The number of nitrogens with zero attached hydrogens (tertiary/aromatic N) is 2. The molecule has 3 nitrogen and oxygen atoms in total. The Balaban J connectivity index is 1.09. The average Bonchev–Trinajstić information content (AvgIpc) is 3.20. The number of thiol groups is 1. The van der Waals surface area contributed by atoms with Crippen LogP contribution in [0, 0.1) is 29.6 Å². The number of piperidine rings is 3. The van der Waals surface area contributed by atoms with Crippen LogP contribution in [0.3, 0.4) is 0 Å². The van der Waals surface area contributed by atoms with Crippen LogP contribution in [0.25, 0.3) is 0 Å². The zero-order chi connectivity index (χ0) is 23.4. The third-order valence-electron chi connectivity index (χ3n) is 11.7. The summed E-state index contributed by atoms with van der Waals surface area (Å²) in [5.74, 6) is 4.78. The molecular weight excluding hydrogens is 456 g/mol. The first-order valence-electron chi connectivity index (χ1n) is 15.0. The molecule has 194 valence electrons. The van der Waals surface area contributed by atoms with Gasteiger partial charge in [-0.15, -0.1) is 11.7 Å². The lowest BCUT2D eigenvalue weighted by Gasteiger charge is -2.55. The molecule has 8 aliphatic rings. The van der Waals surface area contributed by atoms with E-state index in [0.29, 0.717) is 35.6 Å². The van der Waals surface area contributed by atoms with Crippen molar-refractivity contribution >= 4 is 22.5 Å². The van der Waals surface area contributed by atoms with Crippen LogP contribution < -0.4 is 0 Å². The number of hydrogen-bond acceptors (Lipinski definition) is 5. The monoisotopic (exact) mass is 506 g/mol. The van der Waals surface area contributed by atoms with Crippen LogP contribution in [0.4, 0.5) is 0 Å². The Bertz CT molecular complexity index is 700. The fourth-order valence-corrected chi connectivity index (χ4v) is 11.0. The highest BCUT2D eigenvalue weighted by molar-refractivity contribution is 8.68. The molecule has 0 N–H and O–H groups in total. The molecule has 0 aromatic heterocycles. The molecule has 8 rings (SSSR count). The van der Waals surface area contributed by atoms with Crippen molar-refractivity contribution < 1.29 is 4.74 Å². The van der Waals surface area contributed by atoms with Gasteiger partial charge in [0, 0.05) is 42.5 Å². The summed E-state index contributed by atoms with van der Waals surface area (Å²) in [5.41, 5.74) is 0. The van der Waals surface area contributed by atoms with Gasteiger partial charge in [-0.3, -0.25) is 9.80 Å². The summed E-state index contributed by atoms with van der Waals surface area (Å²) in [4.78, 5) is 5.82. The molecular formula is C29H50N2OS2. The van der Waals surface area contributed by atoms with Crippen LogP contribution in [0.5, 0.6) is 0 Å². The predicted molar refractivity (Wildman–Crippen MR) is 147 cm³/mol. The summed E-state index contributed by atoms with van der Waals surface area (Å²) >= 11 is 4.63. The van der Waals surface area contributed by atoms with Crippen molar-refractivity contribution in [2.75, 3.05) is 13.1 Å². The summed E-state index contributed by atoms with van der Waals surface area (Å²) in [5, 5.41) is 0.717. The lowest BCUT2D eigenvalue weighted by molar-refractivity contribution is -0.177. The van der Waals surface area contributed by atoms with Gasteiger partial charge < -0.3 is 4.74 Å². The Morgan fingerprint density at radius 2 is 1.59 bits per heavy atom. The fraction of sp³-hybridized carbons (Fsp3) is 1.00. The van der Waals surface area contributed by atoms with E-state index in [4.69, 9.17) is 4.74 Å². The van der Waals surface area contributed by atoms with Crippen molar-refractivity contribution in [3.05, 3.63) is 0 Å². The number of ether oxygens (including phenoxy) is 1. The quantitative estimate of drug-likeness (QED) is 0.292. The Hall–Kier alpha value is 0.580. The summed E-state index contributed by atoms with van der Waals surface area (Å²) in [6.45, 7) is 10.1. The molecule has 0 amide bonds. The van der Waals surface area contributed by atoms with Gasteiger partial charge in [0.2, 0.25) is 0 Å². The summed E-state index contributed by atoms with van der Waals surface area (Å²) in [6, 6.07) is 2.92. The Labute approximate surface area is 218 Å².